The molecule has 114 valence electrons. The van der Waals surface area contributed by atoms with Gasteiger partial charge in [-0.2, -0.15) is 5.10 Å². The van der Waals surface area contributed by atoms with Crippen molar-refractivity contribution in [3.8, 4) is 5.75 Å². The summed E-state index contributed by atoms with van der Waals surface area (Å²) in [7, 11) is 1.85. The number of ether oxygens (including phenoxy) is 1. The SMILES string of the molecule is CCc1nn(C)c(COc2ccc(Br)cc2C(C)O)c1Cl. The van der Waals surface area contributed by atoms with Gasteiger partial charge in [0.05, 0.1) is 22.5 Å². The van der Waals surface area contributed by atoms with Gasteiger partial charge < -0.3 is 9.84 Å². The number of hydrogen-bond donors (Lipinski definition) is 1. The lowest BCUT2D eigenvalue weighted by Gasteiger charge is -2.14. The van der Waals surface area contributed by atoms with Crippen LogP contribution in [0.4, 0.5) is 0 Å². The van der Waals surface area contributed by atoms with Crippen molar-refractivity contribution in [1.82, 2.24) is 9.78 Å². The Labute approximate surface area is 137 Å². The number of aromatic nitrogens is 2. The van der Waals surface area contributed by atoms with Crippen molar-refractivity contribution < 1.29 is 9.84 Å². The Balaban J connectivity index is 2.23. The molecule has 0 saturated carbocycles. The van der Waals surface area contributed by atoms with E-state index in [0.29, 0.717) is 17.4 Å². The number of halogens is 2. The van der Waals surface area contributed by atoms with Crippen molar-refractivity contribution in [2.45, 2.75) is 33.0 Å². The topological polar surface area (TPSA) is 47.3 Å². The Morgan fingerprint density at radius 2 is 2.19 bits per heavy atom. The zero-order valence-electron chi connectivity index (χ0n) is 12.2. The molecule has 0 amide bonds. The lowest BCUT2D eigenvalue weighted by molar-refractivity contribution is 0.189. The molecule has 1 unspecified atom stereocenters. The van der Waals surface area contributed by atoms with Crippen LogP contribution in [0.3, 0.4) is 0 Å². The van der Waals surface area contributed by atoms with Crippen LogP contribution in [-0.4, -0.2) is 14.9 Å². The monoisotopic (exact) mass is 372 g/mol. The van der Waals surface area contributed by atoms with Gasteiger partial charge >= 0.3 is 0 Å². The van der Waals surface area contributed by atoms with E-state index in [1.165, 1.54) is 0 Å². The van der Waals surface area contributed by atoms with Crippen LogP contribution >= 0.6 is 27.5 Å². The second-order valence-corrected chi connectivity index (χ2v) is 6.12. The van der Waals surface area contributed by atoms with E-state index < -0.39 is 6.10 Å². The molecule has 0 aliphatic carbocycles. The van der Waals surface area contributed by atoms with Crippen LogP contribution < -0.4 is 4.74 Å². The first kappa shape index (κ1) is 16.3. The predicted octanol–water partition coefficient (Wildman–Crippen LogP) is 4.03. The quantitative estimate of drug-likeness (QED) is 0.860. The molecule has 1 aromatic heterocycles. The molecule has 1 atom stereocenters. The summed E-state index contributed by atoms with van der Waals surface area (Å²) in [5.74, 6) is 0.642. The minimum atomic E-state index is -0.606. The van der Waals surface area contributed by atoms with Gasteiger partial charge in [0.2, 0.25) is 0 Å². The fourth-order valence-electron chi connectivity index (χ4n) is 2.10. The molecule has 1 aromatic carbocycles. The molecule has 1 heterocycles. The van der Waals surface area contributed by atoms with E-state index in [9.17, 15) is 5.11 Å². The minimum Gasteiger partial charge on any atom is -0.487 e. The van der Waals surface area contributed by atoms with Gasteiger partial charge in [0.1, 0.15) is 12.4 Å². The van der Waals surface area contributed by atoms with Crippen molar-refractivity contribution in [3.63, 3.8) is 0 Å². The van der Waals surface area contributed by atoms with E-state index in [1.807, 2.05) is 32.2 Å². The molecule has 0 fully saturated rings. The molecule has 0 spiro atoms. The van der Waals surface area contributed by atoms with E-state index in [2.05, 4.69) is 21.0 Å². The first-order chi connectivity index (χ1) is 9.93. The number of benzene rings is 1. The largest absolute Gasteiger partial charge is 0.487 e. The van der Waals surface area contributed by atoms with Gasteiger partial charge in [-0.25, -0.2) is 0 Å². The third-order valence-electron chi connectivity index (χ3n) is 3.29. The van der Waals surface area contributed by atoms with Crippen LogP contribution in [0, 0.1) is 0 Å². The van der Waals surface area contributed by atoms with Crippen LogP contribution in [0.5, 0.6) is 5.75 Å². The maximum Gasteiger partial charge on any atom is 0.131 e. The van der Waals surface area contributed by atoms with Crippen LogP contribution in [0.15, 0.2) is 22.7 Å². The molecule has 2 rings (SSSR count). The number of hydrogen-bond acceptors (Lipinski definition) is 3. The Hall–Kier alpha value is -1.04. The zero-order valence-corrected chi connectivity index (χ0v) is 14.6. The number of rotatable bonds is 5. The van der Waals surface area contributed by atoms with E-state index in [-0.39, 0.29) is 0 Å². The lowest BCUT2D eigenvalue weighted by atomic mass is 10.1. The molecule has 6 heteroatoms. The van der Waals surface area contributed by atoms with Gasteiger partial charge in [-0.1, -0.05) is 34.5 Å². The number of aryl methyl sites for hydroxylation is 2. The molecule has 0 radical (unpaired) electrons. The van der Waals surface area contributed by atoms with Crippen LogP contribution in [-0.2, 0) is 20.1 Å². The first-order valence-corrected chi connectivity index (χ1v) is 7.91. The van der Waals surface area contributed by atoms with Gasteiger partial charge in [-0.3, -0.25) is 4.68 Å². The summed E-state index contributed by atoms with van der Waals surface area (Å²) in [5.41, 5.74) is 2.43. The van der Waals surface area contributed by atoms with E-state index in [1.54, 1.807) is 11.6 Å². The van der Waals surface area contributed by atoms with Gasteiger partial charge in [0.25, 0.3) is 0 Å². The normalized spacial score (nSPS) is 12.5. The second kappa shape index (κ2) is 6.81. The van der Waals surface area contributed by atoms with Crippen molar-refractivity contribution in [2.75, 3.05) is 0 Å². The Morgan fingerprint density at radius 3 is 2.76 bits per heavy atom. The summed E-state index contributed by atoms with van der Waals surface area (Å²) in [6.45, 7) is 4.03. The van der Waals surface area contributed by atoms with Gasteiger partial charge in [-0.15, -0.1) is 0 Å². The number of aliphatic hydroxyl groups is 1. The van der Waals surface area contributed by atoms with Crippen LogP contribution in [0.25, 0.3) is 0 Å². The summed E-state index contributed by atoms with van der Waals surface area (Å²) in [6.07, 6.45) is 0.176. The van der Waals surface area contributed by atoms with Gasteiger partial charge in [0.15, 0.2) is 0 Å². The Kier molecular flexibility index (Phi) is 5.30. The number of nitrogens with zero attached hydrogens (tertiary/aromatic N) is 2. The van der Waals surface area contributed by atoms with E-state index in [4.69, 9.17) is 16.3 Å². The molecule has 0 aliphatic heterocycles. The molecule has 4 nitrogen and oxygen atoms in total. The smallest absolute Gasteiger partial charge is 0.131 e. The fourth-order valence-corrected chi connectivity index (χ4v) is 2.83. The Bertz CT molecular complexity index is 641. The van der Waals surface area contributed by atoms with Gasteiger partial charge in [-0.05, 0) is 31.5 Å². The zero-order chi connectivity index (χ0) is 15.6. The summed E-state index contributed by atoms with van der Waals surface area (Å²) >= 11 is 9.70. The minimum absolute atomic E-state index is 0.309. The molecule has 21 heavy (non-hydrogen) atoms. The maximum absolute atomic E-state index is 9.83. The average Bonchev–Trinajstić information content (AvgIpc) is 2.72. The predicted molar refractivity (Wildman–Crippen MR) is 86.7 cm³/mol. The van der Waals surface area contributed by atoms with Crippen molar-refractivity contribution >= 4 is 27.5 Å². The second-order valence-electron chi connectivity index (χ2n) is 4.83. The standard InChI is InChI=1S/C15H18BrClN2O2/c1-4-12-15(17)13(19(3)18-12)8-21-14-6-5-10(16)7-11(14)9(2)20/h5-7,9,20H,4,8H2,1-3H3. The first-order valence-electron chi connectivity index (χ1n) is 6.74. The molecule has 2 aromatic rings. The molecular formula is C15H18BrClN2O2. The highest BCUT2D eigenvalue weighted by molar-refractivity contribution is 9.10. The highest BCUT2D eigenvalue weighted by Gasteiger charge is 2.15. The molecule has 1 N–H and O–H groups in total. The Morgan fingerprint density at radius 1 is 1.48 bits per heavy atom. The molecular weight excluding hydrogens is 356 g/mol. The van der Waals surface area contributed by atoms with Crippen molar-refractivity contribution in [3.05, 3.63) is 44.6 Å². The highest BCUT2D eigenvalue weighted by Crippen LogP contribution is 2.30. The molecule has 0 saturated heterocycles. The van der Waals surface area contributed by atoms with E-state index >= 15 is 0 Å². The lowest BCUT2D eigenvalue weighted by Crippen LogP contribution is -2.05. The van der Waals surface area contributed by atoms with Gasteiger partial charge in [0, 0.05) is 17.1 Å². The summed E-state index contributed by atoms with van der Waals surface area (Å²) in [4.78, 5) is 0. The van der Waals surface area contributed by atoms with Crippen molar-refractivity contribution in [1.29, 1.82) is 0 Å². The van der Waals surface area contributed by atoms with Crippen LogP contribution in [0.2, 0.25) is 5.02 Å². The fraction of sp³-hybridized carbons (Fsp3) is 0.400. The third kappa shape index (κ3) is 3.59. The summed E-state index contributed by atoms with van der Waals surface area (Å²) < 4.78 is 8.47. The maximum atomic E-state index is 9.83. The number of aliphatic hydroxyl groups excluding tert-OH is 1. The summed E-state index contributed by atoms with van der Waals surface area (Å²) in [5, 5.41) is 14.8. The highest BCUT2D eigenvalue weighted by atomic mass is 79.9. The van der Waals surface area contributed by atoms with Crippen LogP contribution in [0.1, 0.15) is 36.9 Å². The summed E-state index contributed by atoms with van der Waals surface area (Å²) in [6, 6.07) is 5.56. The molecule has 0 aliphatic rings. The van der Waals surface area contributed by atoms with Crippen molar-refractivity contribution in [2.24, 2.45) is 7.05 Å². The average molecular weight is 374 g/mol. The van der Waals surface area contributed by atoms with E-state index in [0.717, 1.165) is 27.8 Å². The third-order valence-corrected chi connectivity index (χ3v) is 4.22. The molecule has 0 bridgehead atoms.